The van der Waals surface area contributed by atoms with Crippen molar-refractivity contribution in [1.82, 2.24) is 5.32 Å². The van der Waals surface area contributed by atoms with E-state index in [2.05, 4.69) is 12.2 Å². The minimum absolute atomic E-state index is 0.0788. The molecule has 1 unspecified atom stereocenters. The van der Waals surface area contributed by atoms with Crippen LogP contribution in [0.1, 0.15) is 30.5 Å². The summed E-state index contributed by atoms with van der Waals surface area (Å²) in [5, 5.41) is 3.24. The summed E-state index contributed by atoms with van der Waals surface area (Å²) in [6, 6.07) is 5.05. The van der Waals surface area contributed by atoms with Crippen molar-refractivity contribution in [3.05, 3.63) is 35.1 Å². The maximum Gasteiger partial charge on any atom is 0.128 e. The van der Waals surface area contributed by atoms with Gasteiger partial charge in [-0.15, -0.1) is 0 Å². The summed E-state index contributed by atoms with van der Waals surface area (Å²) in [6.45, 7) is 5.30. The first-order chi connectivity index (χ1) is 7.19. The number of benzene rings is 1. The lowest BCUT2D eigenvalue weighted by Gasteiger charge is -2.18. The molecule has 15 heavy (non-hydrogen) atoms. The standard InChI is InChI=1S/C12H19FN2/c1-3-6-15-12(8-14)10-7-9(2)4-5-11(10)13/h4-5,7,12,15H,3,6,8,14H2,1-2H3. The monoisotopic (exact) mass is 210 g/mol. The maximum absolute atomic E-state index is 13.5. The normalized spacial score (nSPS) is 12.8. The molecule has 0 aliphatic heterocycles. The van der Waals surface area contributed by atoms with Crippen LogP contribution in [0.5, 0.6) is 0 Å². The van der Waals surface area contributed by atoms with E-state index in [0.29, 0.717) is 12.1 Å². The Morgan fingerprint density at radius 1 is 1.47 bits per heavy atom. The van der Waals surface area contributed by atoms with Gasteiger partial charge in [0.1, 0.15) is 5.82 Å². The summed E-state index contributed by atoms with van der Waals surface area (Å²) in [6.07, 6.45) is 1.02. The second-order valence-electron chi connectivity index (χ2n) is 3.77. The summed E-state index contributed by atoms with van der Waals surface area (Å²) in [4.78, 5) is 0. The van der Waals surface area contributed by atoms with Crippen LogP contribution in [0, 0.1) is 12.7 Å². The van der Waals surface area contributed by atoms with Crippen LogP contribution < -0.4 is 11.1 Å². The second-order valence-corrected chi connectivity index (χ2v) is 3.77. The fraction of sp³-hybridized carbons (Fsp3) is 0.500. The van der Waals surface area contributed by atoms with Crippen molar-refractivity contribution in [2.24, 2.45) is 5.73 Å². The fourth-order valence-electron chi connectivity index (χ4n) is 1.57. The minimum atomic E-state index is -0.181. The maximum atomic E-state index is 13.5. The zero-order valence-corrected chi connectivity index (χ0v) is 9.39. The van der Waals surface area contributed by atoms with Gasteiger partial charge in [0.2, 0.25) is 0 Å². The van der Waals surface area contributed by atoms with Crippen LogP contribution in [0.15, 0.2) is 18.2 Å². The van der Waals surface area contributed by atoms with Crippen LogP contribution in [0.3, 0.4) is 0 Å². The van der Waals surface area contributed by atoms with Gasteiger partial charge >= 0.3 is 0 Å². The molecule has 84 valence electrons. The molecule has 1 atom stereocenters. The minimum Gasteiger partial charge on any atom is -0.329 e. The summed E-state index contributed by atoms with van der Waals surface area (Å²) in [7, 11) is 0. The first-order valence-corrected chi connectivity index (χ1v) is 5.38. The van der Waals surface area contributed by atoms with E-state index in [9.17, 15) is 4.39 Å². The number of rotatable bonds is 5. The largest absolute Gasteiger partial charge is 0.329 e. The molecule has 1 rings (SSSR count). The molecular weight excluding hydrogens is 191 g/mol. The predicted molar refractivity (Wildman–Crippen MR) is 61.2 cm³/mol. The molecule has 2 nitrogen and oxygen atoms in total. The quantitative estimate of drug-likeness (QED) is 0.781. The Labute approximate surface area is 90.7 Å². The SMILES string of the molecule is CCCNC(CN)c1cc(C)ccc1F. The van der Waals surface area contributed by atoms with Crippen molar-refractivity contribution in [3.8, 4) is 0 Å². The molecule has 0 saturated heterocycles. The number of nitrogens with one attached hydrogen (secondary N) is 1. The third-order valence-corrected chi connectivity index (χ3v) is 2.40. The summed E-state index contributed by atoms with van der Waals surface area (Å²) >= 11 is 0. The Balaban J connectivity index is 2.85. The van der Waals surface area contributed by atoms with E-state index < -0.39 is 0 Å². The lowest BCUT2D eigenvalue weighted by molar-refractivity contribution is 0.505. The van der Waals surface area contributed by atoms with Gasteiger partial charge in [0, 0.05) is 18.2 Å². The molecular formula is C12H19FN2. The van der Waals surface area contributed by atoms with Crippen LogP contribution in [-0.2, 0) is 0 Å². The van der Waals surface area contributed by atoms with Gasteiger partial charge in [0.15, 0.2) is 0 Å². The molecule has 0 heterocycles. The van der Waals surface area contributed by atoms with Crippen LogP contribution in [0.4, 0.5) is 4.39 Å². The molecule has 3 N–H and O–H groups in total. The van der Waals surface area contributed by atoms with Gasteiger partial charge in [-0.3, -0.25) is 0 Å². The molecule has 0 spiro atoms. The molecule has 0 amide bonds. The lowest BCUT2D eigenvalue weighted by atomic mass is 10.0. The van der Waals surface area contributed by atoms with Crippen molar-refractivity contribution in [2.75, 3.05) is 13.1 Å². The van der Waals surface area contributed by atoms with E-state index in [4.69, 9.17) is 5.73 Å². The van der Waals surface area contributed by atoms with Gasteiger partial charge in [-0.05, 0) is 26.0 Å². The molecule has 0 saturated carbocycles. The van der Waals surface area contributed by atoms with E-state index >= 15 is 0 Å². The van der Waals surface area contributed by atoms with Gasteiger partial charge in [-0.25, -0.2) is 4.39 Å². The third kappa shape index (κ3) is 3.29. The molecule has 0 bridgehead atoms. The van der Waals surface area contributed by atoms with Crippen molar-refractivity contribution in [2.45, 2.75) is 26.3 Å². The number of hydrogen-bond donors (Lipinski definition) is 2. The van der Waals surface area contributed by atoms with Gasteiger partial charge in [0.05, 0.1) is 0 Å². The zero-order valence-electron chi connectivity index (χ0n) is 9.39. The third-order valence-electron chi connectivity index (χ3n) is 2.40. The highest BCUT2D eigenvalue weighted by Crippen LogP contribution is 2.17. The van der Waals surface area contributed by atoms with Crippen LogP contribution in [0.25, 0.3) is 0 Å². The molecule has 0 aliphatic rings. The number of hydrogen-bond acceptors (Lipinski definition) is 2. The van der Waals surface area contributed by atoms with Gasteiger partial charge in [0.25, 0.3) is 0 Å². The first kappa shape index (κ1) is 12.1. The van der Waals surface area contributed by atoms with E-state index in [0.717, 1.165) is 18.5 Å². The van der Waals surface area contributed by atoms with Crippen LogP contribution in [0.2, 0.25) is 0 Å². The van der Waals surface area contributed by atoms with Gasteiger partial charge in [-0.1, -0.05) is 24.6 Å². The smallest absolute Gasteiger partial charge is 0.128 e. The van der Waals surface area contributed by atoms with E-state index in [-0.39, 0.29) is 11.9 Å². The number of nitrogens with two attached hydrogens (primary N) is 1. The van der Waals surface area contributed by atoms with E-state index in [1.54, 1.807) is 6.07 Å². The van der Waals surface area contributed by atoms with Gasteiger partial charge in [-0.2, -0.15) is 0 Å². The molecule has 0 radical (unpaired) electrons. The summed E-state index contributed by atoms with van der Waals surface area (Å²) in [5.74, 6) is -0.181. The molecule has 3 heteroatoms. The van der Waals surface area contributed by atoms with E-state index in [1.165, 1.54) is 6.07 Å². The Morgan fingerprint density at radius 3 is 2.80 bits per heavy atom. The Hall–Kier alpha value is -0.930. The Kier molecular flexibility index (Phi) is 4.72. The average Bonchev–Trinajstić information content (AvgIpc) is 2.24. The predicted octanol–water partition coefficient (Wildman–Crippen LogP) is 2.13. The van der Waals surface area contributed by atoms with Crippen molar-refractivity contribution in [3.63, 3.8) is 0 Å². The molecule has 0 fully saturated rings. The van der Waals surface area contributed by atoms with Crippen molar-refractivity contribution in [1.29, 1.82) is 0 Å². The Morgan fingerprint density at radius 2 is 2.20 bits per heavy atom. The summed E-state index contributed by atoms with van der Waals surface area (Å²) < 4.78 is 13.5. The zero-order chi connectivity index (χ0) is 11.3. The van der Waals surface area contributed by atoms with E-state index in [1.807, 2.05) is 13.0 Å². The topological polar surface area (TPSA) is 38.0 Å². The molecule has 0 aliphatic carbocycles. The lowest BCUT2D eigenvalue weighted by Crippen LogP contribution is -2.29. The number of halogens is 1. The highest BCUT2D eigenvalue weighted by molar-refractivity contribution is 5.27. The fourth-order valence-corrected chi connectivity index (χ4v) is 1.57. The molecule has 1 aromatic carbocycles. The van der Waals surface area contributed by atoms with Crippen molar-refractivity contribution < 1.29 is 4.39 Å². The first-order valence-electron chi connectivity index (χ1n) is 5.38. The highest BCUT2D eigenvalue weighted by Gasteiger charge is 2.13. The number of aryl methyl sites for hydroxylation is 1. The average molecular weight is 210 g/mol. The second kappa shape index (κ2) is 5.83. The van der Waals surface area contributed by atoms with Gasteiger partial charge < -0.3 is 11.1 Å². The van der Waals surface area contributed by atoms with Crippen molar-refractivity contribution >= 4 is 0 Å². The molecule has 0 aromatic heterocycles. The van der Waals surface area contributed by atoms with Crippen LogP contribution in [-0.4, -0.2) is 13.1 Å². The summed E-state index contributed by atoms with van der Waals surface area (Å²) in [5.41, 5.74) is 7.37. The van der Waals surface area contributed by atoms with Crippen LogP contribution >= 0.6 is 0 Å². The Bertz CT molecular complexity index is 312. The highest BCUT2D eigenvalue weighted by atomic mass is 19.1. The molecule has 1 aromatic rings.